The van der Waals surface area contributed by atoms with Gasteiger partial charge in [-0.25, -0.2) is 4.39 Å². The van der Waals surface area contributed by atoms with Crippen LogP contribution in [-0.4, -0.2) is 40.6 Å². The Hall–Kier alpha value is -2.27. The van der Waals surface area contributed by atoms with Crippen molar-refractivity contribution in [3.05, 3.63) is 65.7 Å². The van der Waals surface area contributed by atoms with Crippen LogP contribution in [0.25, 0.3) is 0 Å². The van der Waals surface area contributed by atoms with E-state index in [1.54, 1.807) is 18.3 Å². The minimum absolute atomic E-state index is 0.00399. The van der Waals surface area contributed by atoms with Gasteiger partial charge in [-0.05, 0) is 50.6 Å². The second-order valence-corrected chi connectivity index (χ2v) is 7.51. The van der Waals surface area contributed by atoms with Gasteiger partial charge < -0.3 is 9.64 Å². The molecule has 1 fully saturated rings. The maximum atomic E-state index is 13.5. The molecule has 138 valence electrons. The molecule has 0 N–H and O–H groups in total. The summed E-state index contributed by atoms with van der Waals surface area (Å²) >= 11 is 0. The summed E-state index contributed by atoms with van der Waals surface area (Å²) in [7, 11) is 0. The lowest BCUT2D eigenvalue weighted by Crippen LogP contribution is -2.59. The number of nitrogens with zero attached hydrogens (tertiary/aromatic N) is 2. The number of morpholine rings is 1. The third kappa shape index (κ3) is 4.10. The van der Waals surface area contributed by atoms with Gasteiger partial charge in [-0.15, -0.1) is 0 Å². The van der Waals surface area contributed by atoms with E-state index in [0.717, 1.165) is 11.3 Å². The Bertz CT molecular complexity index is 746. The van der Waals surface area contributed by atoms with Crippen molar-refractivity contribution < 1.29 is 13.9 Å². The zero-order valence-corrected chi connectivity index (χ0v) is 15.5. The molecule has 0 saturated carbocycles. The summed E-state index contributed by atoms with van der Waals surface area (Å²) in [5.41, 5.74) is 1.26. The molecule has 2 heterocycles. The van der Waals surface area contributed by atoms with E-state index >= 15 is 0 Å². The van der Waals surface area contributed by atoms with E-state index in [-0.39, 0.29) is 23.4 Å². The van der Waals surface area contributed by atoms with Gasteiger partial charge in [-0.3, -0.25) is 9.78 Å². The average molecular weight is 356 g/mol. The Balaban J connectivity index is 1.93. The molecule has 5 heteroatoms. The van der Waals surface area contributed by atoms with Crippen LogP contribution < -0.4 is 0 Å². The fourth-order valence-electron chi connectivity index (χ4n) is 3.33. The number of hydrogen-bond acceptors (Lipinski definition) is 3. The van der Waals surface area contributed by atoms with E-state index in [0.29, 0.717) is 19.6 Å². The lowest BCUT2D eigenvalue weighted by molar-refractivity contribution is -0.154. The summed E-state index contributed by atoms with van der Waals surface area (Å²) in [6.07, 6.45) is 2.20. The van der Waals surface area contributed by atoms with Crippen LogP contribution in [0.4, 0.5) is 4.39 Å². The van der Waals surface area contributed by atoms with Crippen LogP contribution in [0, 0.1) is 5.82 Å². The van der Waals surface area contributed by atoms with Crippen molar-refractivity contribution >= 4 is 5.91 Å². The van der Waals surface area contributed by atoms with Crippen molar-refractivity contribution in [2.45, 2.75) is 44.8 Å². The van der Waals surface area contributed by atoms with Gasteiger partial charge >= 0.3 is 0 Å². The Morgan fingerprint density at radius 2 is 2.04 bits per heavy atom. The second-order valence-electron chi connectivity index (χ2n) is 7.51. The van der Waals surface area contributed by atoms with Crippen molar-refractivity contribution in [3.63, 3.8) is 0 Å². The highest BCUT2D eigenvalue weighted by molar-refractivity contribution is 5.85. The molecule has 2 unspecified atom stereocenters. The third-order valence-electron chi connectivity index (χ3n) is 4.87. The zero-order chi connectivity index (χ0) is 18.7. The Kier molecular flexibility index (Phi) is 5.37. The van der Waals surface area contributed by atoms with Crippen molar-refractivity contribution in [1.82, 2.24) is 9.88 Å². The smallest absolute Gasteiger partial charge is 0.231 e. The van der Waals surface area contributed by atoms with Gasteiger partial charge in [-0.1, -0.05) is 18.2 Å². The number of ether oxygens (including phenoxy) is 1. The summed E-state index contributed by atoms with van der Waals surface area (Å²) in [6.45, 7) is 7.05. The zero-order valence-electron chi connectivity index (χ0n) is 15.5. The monoisotopic (exact) mass is 356 g/mol. The molecule has 1 amide bonds. The van der Waals surface area contributed by atoms with Crippen LogP contribution in [0.3, 0.4) is 0 Å². The largest absolute Gasteiger partial charge is 0.374 e. The van der Waals surface area contributed by atoms with Gasteiger partial charge in [0, 0.05) is 24.9 Å². The van der Waals surface area contributed by atoms with Crippen LogP contribution in [0.5, 0.6) is 0 Å². The maximum Gasteiger partial charge on any atom is 0.231 e. The fraction of sp³-hybridized carbons (Fsp3) is 0.429. The van der Waals surface area contributed by atoms with E-state index in [9.17, 15) is 9.18 Å². The minimum Gasteiger partial charge on any atom is -0.374 e. The van der Waals surface area contributed by atoms with E-state index in [2.05, 4.69) is 4.98 Å². The number of benzene rings is 1. The second kappa shape index (κ2) is 7.54. The molecule has 4 nitrogen and oxygen atoms in total. The highest BCUT2D eigenvalue weighted by Crippen LogP contribution is 2.29. The molecule has 2 aromatic rings. The topological polar surface area (TPSA) is 42.4 Å². The molecule has 1 aliphatic rings. The summed E-state index contributed by atoms with van der Waals surface area (Å²) in [4.78, 5) is 19.8. The molecule has 2 atom stereocenters. The van der Waals surface area contributed by atoms with Crippen LogP contribution in [0.1, 0.15) is 37.9 Å². The van der Waals surface area contributed by atoms with Gasteiger partial charge in [0.2, 0.25) is 5.91 Å². The normalized spacial score (nSPS) is 20.6. The number of halogens is 1. The van der Waals surface area contributed by atoms with Gasteiger partial charge in [-0.2, -0.15) is 0 Å². The molecule has 1 aromatic heterocycles. The highest BCUT2D eigenvalue weighted by Gasteiger charge is 2.39. The maximum absolute atomic E-state index is 13.5. The number of carbonyl (C=O) groups excluding carboxylic acids is 1. The van der Waals surface area contributed by atoms with Gasteiger partial charge in [0.15, 0.2) is 0 Å². The standard InChI is InChI=1S/C21H25FN2O2/c1-15-13-24(21(2,3)14-26-15)20(25)19(12-18-6-4-5-11-23-18)16-7-9-17(22)10-8-16/h4-11,15,19H,12-14H2,1-3H3. The molecule has 26 heavy (non-hydrogen) atoms. The molecule has 0 radical (unpaired) electrons. The van der Waals surface area contributed by atoms with Crippen molar-refractivity contribution in [2.24, 2.45) is 0 Å². The predicted molar refractivity (Wildman–Crippen MR) is 98.3 cm³/mol. The van der Waals surface area contributed by atoms with Crippen LogP contribution in [-0.2, 0) is 16.0 Å². The summed E-state index contributed by atoms with van der Waals surface area (Å²) in [5.74, 6) is -0.685. The predicted octanol–water partition coefficient (Wildman–Crippen LogP) is 3.57. The third-order valence-corrected chi connectivity index (χ3v) is 4.87. The fourth-order valence-corrected chi connectivity index (χ4v) is 3.33. The van der Waals surface area contributed by atoms with Gasteiger partial charge in [0.25, 0.3) is 0 Å². The number of amides is 1. The first-order chi connectivity index (χ1) is 12.4. The molecular formula is C21H25FN2O2. The lowest BCUT2D eigenvalue weighted by atomic mass is 9.89. The first kappa shape index (κ1) is 18.5. The molecule has 1 saturated heterocycles. The van der Waals surface area contributed by atoms with Crippen molar-refractivity contribution in [2.75, 3.05) is 13.2 Å². The molecule has 1 aliphatic heterocycles. The van der Waals surface area contributed by atoms with E-state index in [1.807, 2.05) is 43.9 Å². The summed E-state index contributed by atoms with van der Waals surface area (Å²) < 4.78 is 19.1. The molecule has 0 aliphatic carbocycles. The Labute approximate surface area is 154 Å². The molecule has 0 spiro atoms. The van der Waals surface area contributed by atoms with Crippen LogP contribution in [0.15, 0.2) is 48.7 Å². The SMILES string of the molecule is CC1CN(C(=O)C(Cc2ccccn2)c2ccc(F)cc2)C(C)(C)CO1. The van der Waals surface area contributed by atoms with Crippen LogP contribution in [0.2, 0.25) is 0 Å². The number of carbonyl (C=O) groups is 1. The Morgan fingerprint density at radius 1 is 1.31 bits per heavy atom. The number of aromatic nitrogens is 1. The Morgan fingerprint density at radius 3 is 2.69 bits per heavy atom. The average Bonchev–Trinajstić information content (AvgIpc) is 2.63. The minimum atomic E-state index is -0.407. The molecule has 3 rings (SSSR count). The van der Waals surface area contributed by atoms with E-state index < -0.39 is 5.92 Å². The number of pyridine rings is 1. The van der Waals surface area contributed by atoms with Gasteiger partial charge in [0.1, 0.15) is 5.82 Å². The molecule has 0 bridgehead atoms. The molecular weight excluding hydrogens is 331 g/mol. The van der Waals surface area contributed by atoms with Crippen LogP contribution >= 0.6 is 0 Å². The van der Waals surface area contributed by atoms with E-state index in [4.69, 9.17) is 4.74 Å². The van der Waals surface area contributed by atoms with E-state index in [1.165, 1.54) is 12.1 Å². The van der Waals surface area contributed by atoms with Gasteiger partial charge in [0.05, 0.1) is 24.2 Å². The number of rotatable bonds is 4. The quantitative estimate of drug-likeness (QED) is 0.841. The lowest BCUT2D eigenvalue weighted by Gasteiger charge is -2.46. The summed E-state index contributed by atoms with van der Waals surface area (Å²) in [5, 5.41) is 0. The number of hydrogen-bond donors (Lipinski definition) is 0. The van der Waals surface area contributed by atoms with Crippen molar-refractivity contribution in [3.8, 4) is 0 Å². The molecule has 1 aromatic carbocycles. The van der Waals surface area contributed by atoms with Crippen molar-refractivity contribution in [1.29, 1.82) is 0 Å². The first-order valence-corrected chi connectivity index (χ1v) is 8.95. The highest BCUT2D eigenvalue weighted by atomic mass is 19.1. The summed E-state index contributed by atoms with van der Waals surface area (Å²) in [6, 6.07) is 11.9. The first-order valence-electron chi connectivity index (χ1n) is 8.95.